The second kappa shape index (κ2) is 14.2. The fourth-order valence-corrected chi connectivity index (χ4v) is 11.6. The predicted molar refractivity (Wildman–Crippen MR) is 259 cm³/mol. The summed E-state index contributed by atoms with van der Waals surface area (Å²) in [4.78, 5) is 4.57. The molecule has 0 spiro atoms. The Morgan fingerprint density at radius 1 is 0.758 bits per heavy atom. The maximum absolute atomic E-state index is 14.1. The number of hydrogen-bond donors (Lipinski definition) is 0. The van der Waals surface area contributed by atoms with Crippen molar-refractivity contribution in [3.05, 3.63) is 117 Å². The summed E-state index contributed by atoms with van der Waals surface area (Å²) in [5.74, 6) is -0.507. The minimum absolute atomic E-state index is 0.000531. The highest BCUT2D eigenvalue weighted by Crippen LogP contribution is 2.56. The van der Waals surface area contributed by atoms with Crippen molar-refractivity contribution in [3.8, 4) is 5.75 Å². The van der Waals surface area contributed by atoms with E-state index in [9.17, 15) is 18.7 Å². The summed E-state index contributed by atoms with van der Waals surface area (Å²) >= 11 is 1.59. The van der Waals surface area contributed by atoms with E-state index in [1.165, 1.54) is 69.3 Å². The van der Waals surface area contributed by atoms with Crippen LogP contribution in [0.25, 0.3) is 10.1 Å². The summed E-state index contributed by atoms with van der Waals surface area (Å²) < 4.78 is 181. The molecule has 3 nitrogen and oxygen atoms in total. The standard InChI is InChI=1S/C54H60BF3N2OS/c1-14-32-27-35(51(7,8)9)28-33(15-2)46(32)60-41-22-19-34(50(4,5)6)29-40(41)55-39-21-20-38-44-49(53(12,13)24-23-52(44,10)11)62-48(38)47(39)59(42-25-31(3)26-43(60)45(42)55)36-17-16-18-37(30-36)61-54(56,57)58/h16-22,25-30H,14-15,23-24H2,1-13H3/i1D2,4D3,5D3,7D3,14D2,15D2. The summed E-state index contributed by atoms with van der Waals surface area (Å²) in [6.07, 6.45) is -8.66. The molecule has 1 aliphatic carbocycles. The van der Waals surface area contributed by atoms with Crippen LogP contribution in [0, 0.1) is 6.92 Å². The fraction of sp³-hybridized carbons (Fsp3) is 0.407. The smallest absolute Gasteiger partial charge is 0.406 e. The minimum Gasteiger partial charge on any atom is -0.406 e. The second-order valence-corrected chi connectivity index (χ2v) is 20.2. The Kier molecular flexibility index (Phi) is 6.44. The number of benzene rings is 5. The third kappa shape index (κ3) is 6.76. The number of aryl methyl sites for hydroxylation is 3. The third-order valence-corrected chi connectivity index (χ3v) is 14.6. The molecule has 5 aromatic carbocycles. The number of hydrogen-bond acceptors (Lipinski definition) is 4. The van der Waals surface area contributed by atoms with Gasteiger partial charge in [-0.15, -0.1) is 24.5 Å². The van der Waals surface area contributed by atoms with Crippen LogP contribution in [-0.2, 0) is 34.4 Å². The van der Waals surface area contributed by atoms with Crippen LogP contribution in [0.4, 0.5) is 47.3 Å². The molecular formula is C54H60BF3N2OS. The number of rotatable bonds is 5. The molecule has 2 aliphatic heterocycles. The van der Waals surface area contributed by atoms with Crippen molar-refractivity contribution in [2.75, 3.05) is 9.80 Å². The first kappa shape index (κ1) is 28.2. The molecule has 3 heterocycles. The van der Waals surface area contributed by atoms with Gasteiger partial charge in [0.2, 0.25) is 0 Å². The predicted octanol–water partition coefficient (Wildman–Crippen LogP) is 14.3. The number of halogens is 3. The topological polar surface area (TPSA) is 15.7 Å². The van der Waals surface area contributed by atoms with E-state index in [4.69, 9.17) is 15.1 Å². The van der Waals surface area contributed by atoms with E-state index in [-0.39, 0.29) is 44.6 Å². The molecule has 0 saturated heterocycles. The highest BCUT2D eigenvalue weighted by Gasteiger charge is 2.47. The first-order valence-corrected chi connectivity index (χ1v) is 21.7. The Labute approximate surface area is 392 Å². The van der Waals surface area contributed by atoms with Crippen molar-refractivity contribution in [1.29, 1.82) is 0 Å². The van der Waals surface area contributed by atoms with Crippen LogP contribution in [0.5, 0.6) is 5.75 Å². The van der Waals surface area contributed by atoms with Crippen LogP contribution in [0.1, 0.15) is 154 Å². The van der Waals surface area contributed by atoms with E-state index in [1.807, 2.05) is 23.1 Å². The van der Waals surface area contributed by atoms with Crippen LogP contribution in [0.15, 0.2) is 78.9 Å². The third-order valence-electron chi connectivity index (χ3n) is 13.1. The zero-order chi connectivity index (χ0) is 57.3. The Bertz CT molecular complexity index is 3380. The number of alkyl halides is 3. The van der Waals surface area contributed by atoms with E-state index in [0.717, 1.165) is 40.3 Å². The van der Waals surface area contributed by atoms with Gasteiger partial charge in [-0.25, -0.2) is 0 Å². The zero-order valence-electron chi connectivity index (χ0n) is 51.4. The van der Waals surface area contributed by atoms with E-state index in [0.29, 0.717) is 39.0 Å². The van der Waals surface area contributed by atoms with E-state index in [1.54, 1.807) is 35.3 Å². The normalized spacial score (nSPS) is 21.2. The van der Waals surface area contributed by atoms with Crippen molar-refractivity contribution in [2.24, 2.45) is 0 Å². The van der Waals surface area contributed by atoms with Crippen molar-refractivity contribution >= 4 is 78.6 Å². The highest BCUT2D eigenvalue weighted by atomic mass is 32.1. The molecule has 0 bridgehead atoms. The Morgan fingerprint density at radius 2 is 1.45 bits per heavy atom. The maximum Gasteiger partial charge on any atom is 0.573 e. The number of fused-ring (bicyclic) bond motifs is 8. The molecule has 0 amide bonds. The number of ether oxygens (including phenoxy) is 1. The molecule has 8 heteroatoms. The van der Waals surface area contributed by atoms with Crippen molar-refractivity contribution in [2.45, 2.75) is 143 Å². The lowest BCUT2D eigenvalue weighted by Crippen LogP contribution is -2.61. The van der Waals surface area contributed by atoms with Crippen molar-refractivity contribution < 1.29 is 38.5 Å². The molecule has 0 fully saturated rings. The molecule has 322 valence electrons. The molecule has 0 radical (unpaired) electrons. The number of thiophene rings is 1. The van der Waals surface area contributed by atoms with Crippen LogP contribution in [-0.4, -0.2) is 13.1 Å². The monoisotopic (exact) mass is 868 g/mol. The van der Waals surface area contributed by atoms with Gasteiger partial charge in [0, 0.05) is 54.3 Å². The molecule has 0 atom stereocenters. The summed E-state index contributed by atoms with van der Waals surface area (Å²) in [5, 5.41) is 0.927. The summed E-state index contributed by atoms with van der Waals surface area (Å²) in [7, 11) is 0. The Morgan fingerprint density at radius 3 is 2.13 bits per heavy atom. The van der Waals surface area contributed by atoms with Crippen LogP contribution in [0.2, 0.25) is 0 Å². The van der Waals surface area contributed by atoms with Crippen LogP contribution in [0.3, 0.4) is 0 Å². The average Bonchev–Trinajstić information content (AvgIpc) is 3.87. The van der Waals surface area contributed by atoms with Crippen molar-refractivity contribution in [3.63, 3.8) is 0 Å². The van der Waals surface area contributed by atoms with Gasteiger partial charge in [-0.1, -0.05) is 125 Å². The minimum atomic E-state index is -5.06. The first-order chi connectivity index (χ1) is 35.0. The lowest BCUT2D eigenvalue weighted by molar-refractivity contribution is -0.274. The van der Waals surface area contributed by atoms with Gasteiger partial charge in [-0.3, -0.25) is 0 Å². The molecular weight excluding hydrogens is 792 g/mol. The highest BCUT2D eigenvalue weighted by molar-refractivity contribution is 7.20. The van der Waals surface area contributed by atoms with Gasteiger partial charge in [-0.2, -0.15) is 0 Å². The van der Waals surface area contributed by atoms with Gasteiger partial charge >= 0.3 is 6.36 Å². The maximum atomic E-state index is 14.1. The summed E-state index contributed by atoms with van der Waals surface area (Å²) in [6.45, 7) is 3.60. The van der Waals surface area contributed by atoms with Crippen molar-refractivity contribution in [1.82, 2.24) is 0 Å². The van der Waals surface area contributed by atoms with E-state index in [2.05, 4.69) is 32.4 Å². The molecule has 0 unspecified atom stereocenters. The van der Waals surface area contributed by atoms with Gasteiger partial charge < -0.3 is 14.5 Å². The molecule has 0 saturated carbocycles. The largest absolute Gasteiger partial charge is 0.573 e. The van der Waals surface area contributed by atoms with Gasteiger partial charge in [0.25, 0.3) is 6.71 Å². The first-order valence-electron chi connectivity index (χ1n) is 28.5. The number of nitrogens with zero attached hydrogens (tertiary/aromatic N) is 2. The molecule has 1 aromatic heterocycles. The van der Waals surface area contributed by atoms with Crippen LogP contribution < -0.4 is 30.9 Å². The lowest BCUT2D eigenvalue weighted by Gasteiger charge is -2.45. The number of anilines is 6. The van der Waals surface area contributed by atoms with Gasteiger partial charge in [0.15, 0.2) is 0 Å². The molecule has 0 N–H and O–H groups in total. The van der Waals surface area contributed by atoms with E-state index >= 15 is 0 Å². The zero-order valence-corrected chi connectivity index (χ0v) is 37.2. The quantitative estimate of drug-likeness (QED) is 0.160. The van der Waals surface area contributed by atoms with Gasteiger partial charge in [0.05, 0.1) is 16.1 Å². The van der Waals surface area contributed by atoms with E-state index < -0.39 is 75.4 Å². The fourth-order valence-electron chi connectivity index (χ4n) is 9.96. The SMILES string of the molecule is [2H]C([2H])C([2H])([2H])c1cc(C(C)(C)C([2H])([2H])[2H])cc(C([2H])([2H])C)c1N1c2ccc(C(C)(C([2H])([2H])[2H])C([2H])([2H])[2H])cc2B2c3ccc4c5c(sc4c3N(c3cccc(OC(F)(F)F)c3)c3cc(C)cc1c32)C(C)(C)CCC5(C)C. The summed E-state index contributed by atoms with van der Waals surface area (Å²) in [5.41, 5.74) is -0.828. The summed E-state index contributed by atoms with van der Waals surface area (Å²) in [6, 6.07) is 20.2. The second-order valence-electron chi connectivity index (χ2n) is 19.2. The molecule has 9 rings (SSSR count). The molecule has 3 aliphatic rings. The Balaban J connectivity index is 1.52. The average molecular weight is 868 g/mol. The van der Waals surface area contributed by atoms with Gasteiger partial charge in [-0.05, 0) is 140 Å². The molecule has 62 heavy (non-hydrogen) atoms. The lowest BCUT2D eigenvalue weighted by atomic mass is 9.33. The molecule has 6 aromatic rings. The van der Waals surface area contributed by atoms with Gasteiger partial charge in [0.1, 0.15) is 5.75 Å². The van der Waals surface area contributed by atoms with Crippen LogP contribution >= 0.6 is 11.3 Å². The Hall–Kier alpha value is -4.69.